The Kier molecular flexibility index (Phi) is 7.19. The zero-order valence-corrected chi connectivity index (χ0v) is 19.2. The Morgan fingerprint density at radius 3 is 2.58 bits per heavy atom. The molecule has 2 atom stereocenters. The van der Waals surface area contributed by atoms with Crippen LogP contribution in [0.4, 0.5) is 5.82 Å². The van der Waals surface area contributed by atoms with Crippen LogP contribution in [0.2, 0.25) is 0 Å². The number of pyridine rings is 1. The number of aryl methyl sites for hydroxylation is 1. The number of rotatable bonds is 8. The average Bonchev–Trinajstić information content (AvgIpc) is 3.30. The van der Waals surface area contributed by atoms with Gasteiger partial charge in [0.25, 0.3) is 0 Å². The summed E-state index contributed by atoms with van der Waals surface area (Å²) >= 11 is 0. The van der Waals surface area contributed by atoms with Crippen LogP contribution in [0.3, 0.4) is 0 Å². The molecule has 1 fully saturated rings. The first-order valence-electron chi connectivity index (χ1n) is 11.1. The molecule has 3 aromatic rings. The summed E-state index contributed by atoms with van der Waals surface area (Å²) in [7, 11) is 1.62. The topological polar surface area (TPSA) is 103 Å². The summed E-state index contributed by atoms with van der Waals surface area (Å²) in [6.45, 7) is 6.21. The number of anilines is 1. The van der Waals surface area contributed by atoms with Gasteiger partial charge in [-0.05, 0) is 49.7 Å². The van der Waals surface area contributed by atoms with Crippen LogP contribution >= 0.6 is 0 Å². The SMILES string of the molecule is COc1ccc(-c2noc(CCC(=O)NCc3ccc(N4CC(C)OC(C)C4)nc3)n2)cc1. The maximum atomic E-state index is 12.3. The molecule has 9 nitrogen and oxygen atoms in total. The molecule has 2 aromatic heterocycles. The van der Waals surface area contributed by atoms with Crippen molar-refractivity contribution in [1.29, 1.82) is 0 Å². The van der Waals surface area contributed by atoms with E-state index in [1.807, 2.05) is 36.4 Å². The summed E-state index contributed by atoms with van der Waals surface area (Å²) in [5.41, 5.74) is 1.77. The van der Waals surface area contributed by atoms with Gasteiger partial charge in [-0.25, -0.2) is 4.98 Å². The third-order valence-electron chi connectivity index (χ3n) is 5.42. The molecule has 0 spiro atoms. The highest BCUT2D eigenvalue weighted by Gasteiger charge is 2.23. The van der Waals surface area contributed by atoms with Gasteiger partial charge >= 0.3 is 0 Å². The highest BCUT2D eigenvalue weighted by Crippen LogP contribution is 2.20. The molecule has 1 aromatic carbocycles. The predicted molar refractivity (Wildman–Crippen MR) is 123 cm³/mol. The van der Waals surface area contributed by atoms with Crippen molar-refractivity contribution in [3.05, 3.63) is 54.0 Å². The molecule has 3 heterocycles. The standard InChI is InChI=1S/C24H29N5O4/c1-16-14-29(15-17(2)32-16)21-9-4-18(12-25-21)13-26-22(30)10-11-23-27-24(28-33-23)19-5-7-20(31-3)8-6-19/h4-9,12,16-17H,10-11,13-15H2,1-3H3,(H,26,30). The lowest BCUT2D eigenvalue weighted by Crippen LogP contribution is -2.45. The van der Waals surface area contributed by atoms with E-state index in [0.717, 1.165) is 35.8 Å². The molecule has 0 bridgehead atoms. The molecule has 2 unspecified atom stereocenters. The lowest BCUT2D eigenvalue weighted by Gasteiger charge is -2.36. The molecular weight excluding hydrogens is 422 g/mol. The van der Waals surface area contributed by atoms with Crippen LogP contribution < -0.4 is 15.0 Å². The maximum Gasteiger partial charge on any atom is 0.227 e. The first-order chi connectivity index (χ1) is 16.0. The number of methoxy groups -OCH3 is 1. The normalized spacial score (nSPS) is 18.2. The summed E-state index contributed by atoms with van der Waals surface area (Å²) in [6.07, 6.45) is 2.81. The number of benzene rings is 1. The molecule has 0 radical (unpaired) electrons. The Bertz CT molecular complexity index is 1040. The zero-order valence-electron chi connectivity index (χ0n) is 19.2. The number of nitrogens with one attached hydrogen (secondary N) is 1. The van der Waals surface area contributed by atoms with Gasteiger partial charge in [-0.15, -0.1) is 0 Å². The number of morpholine rings is 1. The minimum atomic E-state index is -0.0842. The second kappa shape index (κ2) is 10.4. The molecule has 0 saturated carbocycles. The van der Waals surface area contributed by atoms with Crippen molar-refractivity contribution in [3.63, 3.8) is 0 Å². The summed E-state index contributed by atoms with van der Waals surface area (Å²) < 4.78 is 16.2. The van der Waals surface area contributed by atoms with Crippen molar-refractivity contribution in [2.24, 2.45) is 0 Å². The molecular formula is C24H29N5O4. The van der Waals surface area contributed by atoms with Crippen molar-refractivity contribution in [2.75, 3.05) is 25.1 Å². The van der Waals surface area contributed by atoms with Gasteiger partial charge in [-0.2, -0.15) is 4.98 Å². The molecule has 1 N–H and O–H groups in total. The van der Waals surface area contributed by atoms with E-state index in [9.17, 15) is 4.79 Å². The van der Waals surface area contributed by atoms with Gasteiger partial charge in [-0.1, -0.05) is 11.2 Å². The first-order valence-corrected chi connectivity index (χ1v) is 11.1. The van der Waals surface area contributed by atoms with Crippen molar-refractivity contribution < 1.29 is 18.8 Å². The summed E-state index contributed by atoms with van der Waals surface area (Å²) in [6, 6.07) is 11.4. The Morgan fingerprint density at radius 1 is 1.15 bits per heavy atom. The Morgan fingerprint density at radius 2 is 1.91 bits per heavy atom. The second-order valence-corrected chi connectivity index (χ2v) is 8.20. The number of amides is 1. The van der Waals surface area contributed by atoms with Crippen LogP contribution in [0.1, 0.15) is 31.7 Å². The molecule has 174 valence electrons. The van der Waals surface area contributed by atoms with Crippen molar-refractivity contribution in [3.8, 4) is 17.1 Å². The molecule has 1 aliphatic heterocycles. The number of hydrogen-bond donors (Lipinski definition) is 1. The van der Waals surface area contributed by atoms with Crippen molar-refractivity contribution in [1.82, 2.24) is 20.4 Å². The van der Waals surface area contributed by atoms with Gasteiger partial charge in [0, 0.05) is 44.2 Å². The predicted octanol–water partition coefficient (Wildman–Crippen LogP) is 3.00. The largest absolute Gasteiger partial charge is 0.497 e. The molecule has 0 aliphatic carbocycles. The lowest BCUT2D eigenvalue weighted by molar-refractivity contribution is -0.121. The van der Waals surface area contributed by atoms with Crippen LogP contribution in [-0.4, -0.2) is 53.4 Å². The smallest absolute Gasteiger partial charge is 0.227 e. The van der Waals surface area contributed by atoms with E-state index in [2.05, 4.69) is 39.2 Å². The van der Waals surface area contributed by atoms with E-state index in [1.54, 1.807) is 13.3 Å². The first kappa shape index (κ1) is 22.7. The van der Waals surface area contributed by atoms with E-state index >= 15 is 0 Å². The number of carbonyl (C=O) groups excluding carboxylic acids is 1. The summed E-state index contributed by atoms with van der Waals surface area (Å²) in [4.78, 5) is 23.4. The highest BCUT2D eigenvalue weighted by molar-refractivity contribution is 5.76. The quantitative estimate of drug-likeness (QED) is 0.558. The van der Waals surface area contributed by atoms with Gasteiger partial charge < -0.3 is 24.2 Å². The van der Waals surface area contributed by atoms with E-state index < -0.39 is 0 Å². The lowest BCUT2D eigenvalue weighted by atomic mass is 10.2. The van der Waals surface area contributed by atoms with Crippen LogP contribution in [0.5, 0.6) is 5.75 Å². The monoisotopic (exact) mass is 451 g/mol. The number of ether oxygens (including phenoxy) is 2. The van der Waals surface area contributed by atoms with E-state index in [-0.39, 0.29) is 24.5 Å². The van der Waals surface area contributed by atoms with Crippen LogP contribution in [0, 0.1) is 0 Å². The fourth-order valence-electron chi connectivity index (χ4n) is 3.80. The zero-order chi connectivity index (χ0) is 23.2. The second-order valence-electron chi connectivity index (χ2n) is 8.20. The Balaban J connectivity index is 1.23. The molecule has 9 heteroatoms. The number of aromatic nitrogens is 3. The highest BCUT2D eigenvalue weighted by atomic mass is 16.5. The third-order valence-corrected chi connectivity index (χ3v) is 5.42. The Labute approximate surface area is 193 Å². The van der Waals surface area contributed by atoms with Gasteiger partial charge in [-0.3, -0.25) is 4.79 Å². The number of carbonyl (C=O) groups is 1. The van der Waals surface area contributed by atoms with E-state index in [0.29, 0.717) is 24.7 Å². The number of nitrogens with zero attached hydrogens (tertiary/aromatic N) is 4. The maximum absolute atomic E-state index is 12.3. The molecule has 1 saturated heterocycles. The fourth-order valence-corrected chi connectivity index (χ4v) is 3.80. The van der Waals surface area contributed by atoms with E-state index in [1.165, 1.54) is 0 Å². The van der Waals surface area contributed by atoms with Gasteiger partial charge in [0.15, 0.2) is 0 Å². The van der Waals surface area contributed by atoms with Gasteiger partial charge in [0.2, 0.25) is 17.6 Å². The van der Waals surface area contributed by atoms with E-state index in [4.69, 9.17) is 14.0 Å². The molecule has 33 heavy (non-hydrogen) atoms. The van der Waals surface area contributed by atoms with Crippen LogP contribution in [0.15, 0.2) is 47.1 Å². The van der Waals surface area contributed by atoms with Crippen LogP contribution in [0.25, 0.3) is 11.4 Å². The summed E-state index contributed by atoms with van der Waals surface area (Å²) in [5.74, 6) is 2.52. The van der Waals surface area contributed by atoms with Crippen molar-refractivity contribution >= 4 is 11.7 Å². The minimum Gasteiger partial charge on any atom is -0.497 e. The van der Waals surface area contributed by atoms with Gasteiger partial charge in [0.1, 0.15) is 11.6 Å². The van der Waals surface area contributed by atoms with Gasteiger partial charge in [0.05, 0.1) is 19.3 Å². The van der Waals surface area contributed by atoms with Crippen LogP contribution in [-0.2, 0) is 22.5 Å². The third kappa shape index (κ3) is 6.07. The van der Waals surface area contributed by atoms with Crippen molar-refractivity contribution in [2.45, 2.75) is 45.4 Å². The fraction of sp³-hybridized carbons (Fsp3) is 0.417. The minimum absolute atomic E-state index is 0.0842. The Hall–Kier alpha value is -3.46. The molecule has 1 aliphatic rings. The molecule has 1 amide bonds. The molecule has 4 rings (SSSR count). The average molecular weight is 452 g/mol. The number of hydrogen-bond acceptors (Lipinski definition) is 8. The summed E-state index contributed by atoms with van der Waals surface area (Å²) in [5, 5.41) is 6.91.